The van der Waals surface area contributed by atoms with Gasteiger partial charge in [-0.2, -0.15) is 0 Å². The first-order valence-electron chi connectivity index (χ1n) is 10.8. The van der Waals surface area contributed by atoms with Gasteiger partial charge in [0.25, 0.3) is 5.56 Å². The average Bonchev–Trinajstić information content (AvgIpc) is 3.14. The molecule has 166 valence electrons. The standard InChI is InChI=1S/C26H23N3O4/c1-5-18(30)33-23-17-9-7-6-8-16(17)22-20(23)19(15-12-10-14(2)11-13-15)21-24(27-22)28(3)26(32)29(4)25(21)31/h6-13,19H,5H2,1-4H3. The molecule has 0 fully saturated rings. The molecule has 1 aliphatic carbocycles. The molecule has 7 nitrogen and oxygen atoms in total. The molecule has 1 aromatic heterocycles. The molecule has 0 spiro atoms. The molecule has 0 bridgehead atoms. The van der Waals surface area contributed by atoms with E-state index in [-0.39, 0.29) is 12.4 Å². The van der Waals surface area contributed by atoms with E-state index < -0.39 is 17.2 Å². The normalized spacial score (nSPS) is 16.1. The summed E-state index contributed by atoms with van der Waals surface area (Å²) in [4.78, 5) is 43.3. The van der Waals surface area contributed by atoms with Crippen LogP contribution in [0.4, 0.5) is 5.82 Å². The van der Waals surface area contributed by atoms with E-state index in [0.717, 1.165) is 26.8 Å². The Morgan fingerprint density at radius 3 is 2.33 bits per heavy atom. The third-order valence-corrected chi connectivity index (χ3v) is 6.30. The molecular weight excluding hydrogens is 418 g/mol. The highest BCUT2D eigenvalue weighted by Gasteiger charge is 2.42. The van der Waals surface area contributed by atoms with E-state index in [1.165, 1.54) is 11.6 Å². The van der Waals surface area contributed by atoms with Crippen molar-refractivity contribution >= 4 is 23.3 Å². The third kappa shape index (κ3) is 3.03. The number of benzene rings is 2. The van der Waals surface area contributed by atoms with E-state index in [4.69, 9.17) is 9.73 Å². The quantitative estimate of drug-likeness (QED) is 0.584. The number of carbonyl (C=O) groups excluding carboxylic acids is 1. The van der Waals surface area contributed by atoms with Gasteiger partial charge in [-0.05, 0) is 12.5 Å². The average molecular weight is 441 g/mol. The number of carbonyl (C=O) groups is 1. The number of hydrogen-bond acceptors (Lipinski definition) is 5. The number of rotatable bonds is 3. The molecule has 7 heteroatoms. The molecular formula is C26H23N3O4. The van der Waals surface area contributed by atoms with Gasteiger partial charge in [0.1, 0.15) is 11.6 Å². The number of aliphatic imine (C=N–C) groups is 1. The molecule has 0 amide bonds. The lowest BCUT2D eigenvalue weighted by Gasteiger charge is -2.27. The fourth-order valence-electron chi connectivity index (χ4n) is 4.56. The Morgan fingerprint density at radius 1 is 1.00 bits per heavy atom. The van der Waals surface area contributed by atoms with Crippen molar-refractivity contribution in [3.8, 4) is 0 Å². The SMILES string of the molecule is CCC(=O)OC1=C2C(=Nc3c(c(=O)n(C)c(=O)n3C)C2c2ccc(C)cc2)c2ccccc21. The lowest BCUT2D eigenvalue weighted by Crippen LogP contribution is -2.41. The second-order valence-corrected chi connectivity index (χ2v) is 8.36. The summed E-state index contributed by atoms with van der Waals surface area (Å²) < 4.78 is 8.35. The fourth-order valence-corrected chi connectivity index (χ4v) is 4.56. The maximum absolute atomic E-state index is 13.4. The smallest absolute Gasteiger partial charge is 0.332 e. The largest absolute Gasteiger partial charge is 0.425 e. The Labute approximate surface area is 190 Å². The predicted octanol–water partition coefficient (Wildman–Crippen LogP) is 3.34. The molecule has 33 heavy (non-hydrogen) atoms. The lowest BCUT2D eigenvalue weighted by molar-refractivity contribution is -0.136. The Bertz CT molecular complexity index is 1500. The summed E-state index contributed by atoms with van der Waals surface area (Å²) in [5.74, 6) is -0.172. The van der Waals surface area contributed by atoms with Crippen LogP contribution >= 0.6 is 0 Å². The first-order valence-corrected chi connectivity index (χ1v) is 10.8. The zero-order valence-corrected chi connectivity index (χ0v) is 18.9. The van der Waals surface area contributed by atoms with Crippen LogP contribution in [-0.4, -0.2) is 20.8 Å². The van der Waals surface area contributed by atoms with Crippen molar-refractivity contribution in [2.45, 2.75) is 26.2 Å². The second kappa shape index (κ2) is 7.55. The van der Waals surface area contributed by atoms with Crippen molar-refractivity contribution in [3.63, 3.8) is 0 Å². The molecule has 1 atom stereocenters. The Kier molecular flexibility index (Phi) is 4.78. The van der Waals surface area contributed by atoms with Crippen LogP contribution in [0.1, 0.15) is 47.1 Å². The lowest BCUT2D eigenvalue weighted by atomic mass is 9.81. The highest BCUT2D eigenvalue weighted by molar-refractivity contribution is 6.25. The van der Waals surface area contributed by atoms with Crippen molar-refractivity contribution in [1.29, 1.82) is 0 Å². The molecule has 1 unspecified atom stereocenters. The summed E-state index contributed by atoms with van der Waals surface area (Å²) in [6.45, 7) is 3.73. The molecule has 0 radical (unpaired) electrons. The minimum atomic E-state index is -0.550. The van der Waals surface area contributed by atoms with Crippen LogP contribution in [0.2, 0.25) is 0 Å². The van der Waals surface area contributed by atoms with Crippen LogP contribution < -0.4 is 11.2 Å². The predicted molar refractivity (Wildman–Crippen MR) is 126 cm³/mol. The molecule has 2 aliphatic rings. The van der Waals surface area contributed by atoms with E-state index in [0.29, 0.717) is 28.4 Å². The zero-order chi connectivity index (χ0) is 23.4. The number of aryl methyl sites for hydroxylation is 1. The number of ether oxygens (including phenoxy) is 1. The van der Waals surface area contributed by atoms with Crippen LogP contribution in [0.5, 0.6) is 0 Å². The van der Waals surface area contributed by atoms with Gasteiger partial charge in [0.05, 0.1) is 11.3 Å². The van der Waals surface area contributed by atoms with Crippen molar-refractivity contribution < 1.29 is 9.53 Å². The van der Waals surface area contributed by atoms with Crippen molar-refractivity contribution in [2.75, 3.05) is 0 Å². The number of allylic oxidation sites excluding steroid dienone is 1. The molecule has 0 N–H and O–H groups in total. The fraction of sp³-hybridized carbons (Fsp3) is 0.231. The monoisotopic (exact) mass is 441 g/mol. The maximum atomic E-state index is 13.4. The summed E-state index contributed by atoms with van der Waals surface area (Å²) >= 11 is 0. The zero-order valence-electron chi connectivity index (χ0n) is 18.9. The van der Waals surface area contributed by atoms with E-state index >= 15 is 0 Å². The summed E-state index contributed by atoms with van der Waals surface area (Å²) in [5.41, 5.74) is 4.32. The summed E-state index contributed by atoms with van der Waals surface area (Å²) in [6, 6.07) is 15.5. The van der Waals surface area contributed by atoms with Crippen LogP contribution in [0.15, 0.2) is 68.7 Å². The first kappa shape index (κ1) is 20.9. The van der Waals surface area contributed by atoms with Gasteiger partial charge >= 0.3 is 11.7 Å². The van der Waals surface area contributed by atoms with Gasteiger partial charge in [0.15, 0.2) is 0 Å². The van der Waals surface area contributed by atoms with Crippen molar-refractivity contribution in [2.24, 2.45) is 19.1 Å². The van der Waals surface area contributed by atoms with E-state index in [2.05, 4.69) is 0 Å². The third-order valence-electron chi connectivity index (χ3n) is 6.30. The summed E-state index contributed by atoms with van der Waals surface area (Å²) in [5, 5.41) is 0. The van der Waals surface area contributed by atoms with Gasteiger partial charge < -0.3 is 4.74 Å². The van der Waals surface area contributed by atoms with Gasteiger partial charge in [-0.25, -0.2) is 9.79 Å². The van der Waals surface area contributed by atoms with Gasteiger partial charge in [0, 0.05) is 43.1 Å². The van der Waals surface area contributed by atoms with Crippen LogP contribution in [0.3, 0.4) is 0 Å². The van der Waals surface area contributed by atoms with Crippen molar-refractivity contribution in [1.82, 2.24) is 9.13 Å². The van der Waals surface area contributed by atoms with E-state index in [9.17, 15) is 14.4 Å². The van der Waals surface area contributed by atoms with Gasteiger partial charge in [-0.1, -0.05) is 61.0 Å². The molecule has 2 aromatic carbocycles. The molecule has 3 aromatic rings. The number of esters is 1. The Hall–Kier alpha value is -4.00. The first-order chi connectivity index (χ1) is 15.8. The molecule has 1 aliphatic heterocycles. The Balaban J connectivity index is 1.93. The van der Waals surface area contributed by atoms with E-state index in [1.54, 1.807) is 14.0 Å². The molecule has 0 saturated carbocycles. The van der Waals surface area contributed by atoms with Crippen molar-refractivity contribution in [3.05, 3.63) is 103 Å². The number of aromatic nitrogens is 2. The van der Waals surface area contributed by atoms with Gasteiger partial charge in [-0.3, -0.25) is 18.7 Å². The highest BCUT2D eigenvalue weighted by atomic mass is 16.5. The molecule has 2 heterocycles. The van der Waals surface area contributed by atoms with Crippen LogP contribution in [-0.2, 0) is 23.6 Å². The minimum Gasteiger partial charge on any atom is -0.425 e. The number of nitrogens with zero attached hydrogens (tertiary/aromatic N) is 3. The number of fused-ring (bicyclic) bond motifs is 4. The maximum Gasteiger partial charge on any atom is 0.332 e. The second-order valence-electron chi connectivity index (χ2n) is 8.36. The van der Waals surface area contributed by atoms with Gasteiger partial charge in [-0.15, -0.1) is 0 Å². The Morgan fingerprint density at radius 2 is 1.67 bits per heavy atom. The summed E-state index contributed by atoms with van der Waals surface area (Å²) in [6.07, 6.45) is 0.216. The molecule has 5 rings (SSSR count). The number of hydrogen-bond donors (Lipinski definition) is 0. The van der Waals surface area contributed by atoms with Gasteiger partial charge in [0.2, 0.25) is 0 Å². The topological polar surface area (TPSA) is 82.7 Å². The molecule has 0 saturated heterocycles. The van der Waals surface area contributed by atoms with Crippen LogP contribution in [0.25, 0.3) is 5.76 Å². The highest BCUT2D eigenvalue weighted by Crippen LogP contribution is 2.48. The van der Waals surface area contributed by atoms with E-state index in [1.807, 2.05) is 55.5 Å². The van der Waals surface area contributed by atoms with Crippen LogP contribution in [0, 0.1) is 6.92 Å². The minimum absolute atomic E-state index is 0.216. The summed E-state index contributed by atoms with van der Waals surface area (Å²) in [7, 11) is 3.08.